The Morgan fingerprint density at radius 2 is 1.92 bits per heavy atom. The van der Waals surface area contributed by atoms with Crippen LogP contribution in [0.25, 0.3) is 0 Å². The van der Waals surface area contributed by atoms with Gasteiger partial charge < -0.3 is 24.4 Å². The molecule has 1 unspecified atom stereocenters. The molecule has 3 rings (SSSR count). The number of methoxy groups -OCH3 is 1. The third-order valence-corrected chi connectivity index (χ3v) is 5.74. The molecule has 2 saturated heterocycles. The predicted molar refractivity (Wildman–Crippen MR) is 86.8 cm³/mol. The molecule has 0 aromatic carbocycles. The minimum Gasteiger partial charge on any atom is -0.481 e. The molecule has 1 atom stereocenters. The second kappa shape index (κ2) is 7.27. The number of ether oxygens (including phenoxy) is 2. The Morgan fingerprint density at radius 1 is 1.21 bits per heavy atom. The number of nitrogens with zero attached hydrogens (tertiary/aromatic N) is 2. The van der Waals surface area contributed by atoms with Crippen molar-refractivity contribution < 1.29 is 24.2 Å². The zero-order valence-electron chi connectivity index (χ0n) is 14.4. The molecule has 7 nitrogen and oxygen atoms in total. The Kier molecular flexibility index (Phi) is 5.30. The molecular weight excluding hydrogens is 312 g/mol. The maximum atomic E-state index is 12.8. The van der Waals surface area contributed by atoms with Gasteiger partial charge in [0, 0.05) is 39.9 Å². The van der Waals surface area contributed by atoms with Gasteiger partial charge >= 0.3 is 12.0 Å². The van der Waals surface area contributed by atoms with Gasteiger partial charge in [0.25, 0.3) is 0 Å². The largest absolute Gasteiger partial charge is 0.481 e. The molecule has 3 fully saturated rings. The van der Waals surface area contributed by atoms with Gasteiger partial charge in [0.05, 0.1) is 18.1 Å². The van der Waals surface area contributed by atoms with Crippen LogP contribution in [-0.4, -0.2) is 79.5 Å². The van der Waals surface area contributed by atoms with Gasteiger partial charge in [0.1, 0.15) is 0 Å². The topological polar surface area (TPSA) is 79.3 Å². The fraction of sp³-hybridized carbons (Fsp3) is 0.882. The monoisotopic (exact) mass is 340 g/mol. The fourth-order valence-corrected chi connectivity index (χ4v) is 3.80. The lowest BCUT2D eigenvalue weighted by atomic mass is 9.76. The molecule has 1 saturated carbocycles. The van der Waals surface area contributed by atoms with E-state index in [9.17, 15) is 14.7 Å². The molecule has 2 heterocycles. The van der Waals surface area contributed by atoms with Crippen molar-refractivity contribution in [1.82, 2.24) is 9.80 Å². The Labute approximate surface area is 142 Å². The number of carboxylic acid groups (broad SMARTS) is 1. The summed E-state index contributed by atoms with van der Waals surface area (Å²) in [6.45, 7) is 3.35. The molecule has 24 heavy (non-hydrogen) atoms. The van der Waals surface area contributed by atoms with Crippen LogP contribution in [0.1, 0.15) is 32.1 Å². The van der Waals surface area contributed by atoms with E-state index in [1.807, 2.05) is 9.80 Å². The zero-order valence-corrected chi connectivity index (χ0v) is 14.4. The van der Waals surface area contributed by atoms with Gasteiger partial charge in [-0.15, -0.1) is 0 Å². The number of morpholine rings is 1. The van der Waals surface area contributed by atoms with Gasteiger partial charge in [-0.25, -0.2) is 4.79 Å². The van der Waals surface area contributed by atoms with E-state index in [0.717, 1.165) is 0 Å². The normalized spacial score (nSPS) is 27.1. The van der Waals surface area contributed by atoms with Crippen molar-refractivity contribution in [3.8, 4) is 0 Å². The van der Waals surface area contributed by atoms with Crippen LogP contribution in [-0.2, 0) is 14.3 Å². The predicted octanol–water partition coefficient (Wildman–Crippen LogP) is 1.42. The minimum absolute atomic E-state index is 0.0367. The summed E-state index contributed by atoms with van der Waals surface area (Å²) in [6, 6.07) is 0.0367. The highest BCUT2D eigenvalue weighted by molar-refractivity contribution is 5.77. The summed E-state index contributed by atoms with van der Waals surface area (Å²) < 4.78 is 10.8. The average molecular weight is 340 g/mol. The Bertz CT molecular complexity index is 472. The number of carbonyl (C=O) groups excluding carboxylic acids is 1. The number of hydrogen-bond donors (Lipinski definition) is 1. The van der Waals surface area contributed by atoms with Gasteiger partial charge in [0.15, 0.2) is 0 Å². The quantitative estimate of drug-likeness (QED) is 0.819. The summed E-state index contributed by atoms with van der Waals surface area (Å²) in [5.74, 6) is -0.150. The van der Waals surface area contributed by atoms with Crippen LogP contribution < -0.4 is 0 Å². The zero-order chi connectivity index (χ0) is 17.2. The lowest BCUT2D eigenvalue weighted by Crippen LogP contribution is -2.55. The second-order valence-corrected chi connectivity index (χ2v) is 7.29. The van der Waals surface area contributed by atoms with Crippen LogP contribution in [0.3, 0.4) is 0 Å². The number of urea groups is 1. The van der Waals surface area contributed by atoms with Crippen molar-refractivity contribution in [3.05, 3.63) is 0 Å². The summed E-state index contributed by atoms with van der Waals surface area (Å²) in [6.07, 6.45) is 4.09. The minimum atomic E-state index is -0.771. The van der Waals surface area contributed by atoms with Crippen LogP contribution in [0.4, 0.5) is 4.79 Å². The van der Waals surface area contributed by atoms with Crippen molar-refractivity contribution in [1.29, 1.82) is 0 Å². The van der Waals surface area contributed by atoms with Crippen molar-refractivity contribution in [2.45, 2.75) is 38.2 Å². The van der Waals surface area contributed by atoms with E-state index in [1.54, 1.807) is 7.11 Å². The van der Waals surface area contributed by atoms with Crippen molar-refractivity contribution in [2.24, 2.45) is 11.3 Å². The summed E-state index contributed by atoms with van der Waals surface area (Å²) in [4.78, 5) is 28.2. The highest BCUT2D eigenvalue weighted by atomic mass is 16.5. The molecule has 0 aromatic rings. The lowest BCUT2D eigenvalue weighted by molar-refractivity contribution is -0.153. The van der Waals surface area contributed by atoms with Crippen LogP contribution in [0.5, 0.6) is 0 Å². The molecule has 0 spiro atoms. The lowest BCUT2D eigenvalue weighted by Gasteiger charge is -2.42. The van der Waals surface area contributed by atoms with Crippen LogP contribution in [0.15, 0.2) is 0 Å². The number of amides is 2. The first kappa shape index (κ1) is 17.5. The average Bonchev–Trinajstić information content (AvgIpc) is 3.45. The number of likely N-dealkylation sites (tertiary alicyclic amines) is 1. The molecule has 0 radical (unpaired) electrons. The third-order valence-electron chi connectivity index (χ3n) is 5.74. The van der Waals surface area contributed by atoms with E-state index in [1.165, 1.54) is 12.8 Å². The second-order valence-electron chi connectivity index (χ2n) is 7.29. The SMILES string of the molecule is COCCC1(C(=O)O)CCN(C(=O)N2CCOC(C3CC3)C2)CC1. The number of carboxylic acids is 1. The number of rotatable bonds is 5. The molecule has 136 valence electrons. The number of aliphatic carboxylic acids is 1. The molecule has 0 aromatic heterocycles. The Hall–Kier alpha value is -1.34. The van der Waals surface area contributed by atoms with E-state index in [2.05, 4.69) is 0 Å². The van der Waals surface area contributed by atoms with E-state index < -0.39 is 11.4 Å². The van der Waals surface area contributed by atoms with Crippen LogP contribution in [0, 0.1) is 11.3 Å². The Balaban J connectivity index is 1.55. The third kappa shape index (κ3) is 3.67. The van der Waals surface area contributed by atoms with Gasteiger partial charge in [-0.3, -0.25) is 4.79 Å². The molecule has 2 amide bonds. The maximum absolute atomic E-state index is 12.8. The van der Waals surface area contributed by atoms with Gasteiger partial charge in [-0.05, 0) is 38.0 Å². The summed E-state index contributed by atoms with van der Waals surface area (Å²) in [7, 11) is 1.59. The molecule has 3 aliphatic rings. The fourth-order valence-electron chi connectivity index (χ4n) is 3.80. The van der Waals surface area contributed by atoms with E-state index in [-0.39, 0.29) is 12.1 Å². The summed E-state index contributed by atoms with van der Waals surface area (Å²) >= 11 is 0. The van der Waals surface area contributed by atoms with E-state index >= 15 is 0 Å². The molecule has 7 heteroatoms. The maximum Gasteiger partial charge on any atom is 0.320 e. The summed E-state index contributed by atoms with van der Waals surface area (Å²) in [5.41, 5.74) is -0.756. The van der Waals surface area contributed by atoms with Crippen LogP contribution in [0.2, 0.25) is 0 Å². The van der Waals surface area contributed by atoms with Crippen LogP contribution >= 0.6 is 0 Å². The Morgan fingerprint density at radius 3 is 2.50 bits per heavy atom. The number of hydrogen-bond acceptors (Lipinski definition) is 4. The van der Waals surface area contributed by atoms with Gasteiger partial charge in [-0.1, -0.05) is 0 Å². The van der Waals surface area contributed by atoms with Crippen molar-refractivity contribution >= 4 is 12.0 Å². The van der Waals surface area contributed by atoms with E-state index in [0.29, 0.717) is 64.6 Å². The highest BCUT2D eigenvalue weighted by Crippen LogP contribution is 2.37. The van der Waals surface area contributed by atoms with Crippen molar-refractivity contribution in [2.75, 3.05) is 46.5 Å². The first-order chi connectivity index (χ1) is 11.6. The standard InChI is InChI=1S/C17H28N2O5/c1-23-10-6-17(15(20)21)4-7-18(8-5-17)16(22)19-9-11-24-14(12-19)13-2-3-13/h13-14H,2-12H2,1H3,(H,20,21). The number of piperidine rings is 1. The smallest absolute Gasteiger partial charge is 0.320 e. The van der Waals surface area contributed by atoms with Crippen molar-refractivity contribution in [3.63, 3.8) is 0 Å². The van der Waals surface area contributed by atoms with E-state index in [4.69, 9.17) is 9.47 Å². The molecule has 1 N–H and O–H groups in total. The highest BCUT2D eigenvalue weighted by Gasteiger charge is 2.43. The molecule has 1 aliphatic carbocycles. The number of carbonyl (C=O) groups is 2. The molecular formula is C17H28N2O5. The molecule has 0 bridgehead atoms. The first-order valence-corrected chi connectivity index (χ1v) is 8.93. The first-order valence-electron chi connectivity index (χ1n) is 8.93. The van der Waals surface area contributed by atoms with Gasteiger partial charge in [0.2, 0.25) is 0 Å². The summed E-state index contributed by atoms with van der Waals surface area (Å²) in [5, 5.41) is 9.61. The van der Waals surface area contributed by atoms with Gasteiger partial charge in [-0.2, -0.15) is 0 Å². The molecule has 2 aliphatic heterocycles.